The molecule has 0 bridgehead atoms. The zero-order valence-corrected chi connectivity index (χ0v) is 16.9. The van der Waals surface area contributed by atoms with E-state index in [2.05, 4.69) is 76.7 Å². The minimum atomic E-state index is -0.890. The fourth-order valence-electron chi connectivity index (χ4n) is 2.08. The summed E-state index contributed by atoms with van der Waals surface area (Å²) in [5.41, 5.74) is 2.82. The summed E-state index contributed by atoms with van der Waals surface area (Å²) in [6.45, 7) is 2.15. The van der Waals surface area contributed by atoms with E-state index < -0.39 is 37.5 Å². The van der Waals surface area contributed by atoms with Crippen LogP contribution in [0.25, 0.3) is 0 Å². The number of hydrogen-bond donors (Lipinski definition) is 0. The quantitative estimate of drug-likeness (QED) is 0.642. The Bertz CT molecular complexity index is 433. The van der Waals surface area contributed by atoms with Crippen LogP contribution in [0.5, 0.6) is 0 Å². The van der Waals surface area contributed by atoms with Gasteiger partial charge in [0.1, 0.15) is 0 Å². The first kappa shape index (κ1) is 18.2. The van der Waals surface area contributed by atoms with E-state index in [-0.39, 0.29) is 17.0 Å². The molecule has 0 aliphatic rings. The topological polar surface area (TPSA) is 6.48 Å². The van der Waals surface area contributed by atoms with Crippen molar-refractivity contribution in [2.75, 3.05) is 14.1 Å². The number of benzene rings is 2. The monoisotopic (exact) mass is 462 g/mol. The van der Waals surface area contributed by atoms with Gasteiger partial charge in [0.2, 0.25) is 0 Å². The molecule has 0 radical (unpaired) electrons. The van der Waals surface area contributed by atoms with Gasteiger partial charge in [-0.05, 0) is 0 Å². The predicted molar refractivity (Wildman–Crippen MR) is 86.1 cm³/mol. The van der Waals surface area contributed by atoms with Crippen LogP contribution in [0, 0.1) is 37.5 Å². The summed E-state index contributed by atoms with van der Waals surface area (Å²) in [5, 5.41) is 0. The maximum atomic E-state index is 2.53. The molecule has 0 heterocycles. The van der Waals surface area contributed by atoms with Crippen molar-refractivity contribution < 1.29 is 37.5 Å². The number of rotatable bonds is 6. The third-order valence-corrected chi connectivity index (χ3v) is 6.07. The van der Waals surface area contributed by atoms with E-state index in [0.29, 0.717) is 0 Å². The van der Waals surface area contributed by atoms with Gasteiger partial charge < -0.3 is 0 Å². The second-order valence-electron chi connectivity index (χ2n) is 4.78. The summed E-state index contributed by atoms with van der Waals surface area (Å²) in [4.78, 5) is 0. The van der Waals surface area contributed by atoms with Crippen LogP contribution >= 0.6 is 17.0 Å². The Balaban J connectivity index is 0.00000200. The molecule has 0 N–H and O–H groups in total. The van der Waals surface area contributed by atoms with Crippen LogP contribution in [0.3, 0.4) is 0 Å². The number of halogens is 1. The Morgan fingerprint density at radius 3 is 1.40 bits per heavy atom. The van der Waals surface area contributed by atoms with Gasteiger partial charge in [0.25, 0.3) is 0 Å². The molecule has 0 amide bonds. The van der Waals surface area contributed by atoms with Crippen molar-refractivity contribution in [2.24, 2.45) is 0 Å². The van der Waals surface area contributed by atoms with E-state index in [1.807, 2.05) is 0 Å². The maximum absolute atomic E-state index is 2.53. The van der Waals surface area contributed by atoms with E-state index in [0.717, 1.165) is 13.1 Å². The van der Waals surface area contributed by atoms with Crippen molar-refractivity contribution >= 4 is 17.0 Å². The third-order valence-electron chi connectivity index (χ3n) is 2.87. The summed E-state index contributed by atoms with van der Waals surface area (Å²) in [7, 11) is 4.50. The second-order valence-corrected chi connectivity index (χ2v) is 10.3. The van der Waals surface area contributed by atoms with Crippen LogP contribution in [0.4, 0.5) is 0 Å². The van der Waals surface area contributed by atoms with Gasteiger partial charge in [-0.2, -0.15) is 0 Å². The SMILES string of the molecule is Br.C[N](Cc1ccccc1)[Nd][N](C)Cc1ccccc1. The molecule has 0 spiro atoms. The first-order valence-electron chi connectivity index (χ1n) is 6.50. The molecule has 2 aromatic rings. The van der Waals surface area contributed by atoms with Gasteiger partial charge in [0.05, 0.1) is 0 Å². The van der Waals surface area contributed by atoms with Crippen molar-refractivity contribution in [3.8, 4) is 0 Å². The molecule has 0 aliphatic heterocycles. The molecule has 106 valence electrons. The average molecular weight is 466 g/mol. The van der Waals surface area contributed by atoms with Gasteiger partial charge in [-0.3, -0.25) is 0 Å². The molecule has 2 rings (SSSR count). The van der Waals surface area contributed by atoms with Crippen molar-refractivity contribution in [1.29, 1.82) is 0 Å². The van der Waals surface area contributed by atoms with Crippen LogP contribution in [0.1, 0.15) is 11.1 Å². The molecule has 20 heavy (non-hydrogen) atoms. The van der Waals surface area contributed by atoms with Gasteiger partial charge in [-0.1, -0.05) is 0 Å². The average Bonchev–Trinajstić information content (AvgIpc) is 2.40. The summed E-state index contributed by atoms with van der Waals surface area (Å²) in [5.74, 6) is 0. The Morgan fingerprint density at radius 2 is 1.05 bits per heavy atom. The molecule has 2 nitrogen and oxygen atoms in total. The summed E-state index contributed by atoms with van der Waals surface area (Å²) >= 11 is -0.890. The molecule has 0 aliphatic carbocycles. The van der Waals surface area contributed by atoms with Crippen LogP contribution in [0.2, 0.25) is 0 Å². The van der Waals surface area contributed by atoms with Gasteiger partial charge in [-0.15, -0.1) is 17.0 Å². The van der Waals surface area contributed by atoms with Crippen LogP contribution in [-0.4, -0.2) is 16.1 Å². The van der Waals surface area contributed by atoms with E-state index in [1.165, 1.54) is 11.1 Å². The number of hydrogen-bond acceptors (Lipinski definition) is 2. The van der Waals surface area contributed by atoms with E-state index in [4.69, 9.17) is 0 Å². The Hall–Kier alpha value is 0.191. The van der Waals surface area contributed by atoms with E-state index in [1.54, 1.807) is 0 Å². The normalized spacial score (nSPS) is 10.4. The van der Waals surface area contributed by atoms with Gasteiger partial charge >= 0.3 is 138 Å². The molecule has 2 aromatic carbocycles. The Labute approximate surface area is 154 Å². The molecule has 0 aromatic heterocycles. The second kappa shape index (κ2) is 10.0. The fourth-order valence-corrected chi connectivity index (χ4v) is 5.57. The molecule has 0 saturated heterocycles. The standard InChI is InChI=1S/2C8H10N.BrH.Nd/c2*1-9-7-8-5-3-2-4-6-8;;/h2*2-6H,7H2,1H3;1H;/q2*-1;;+2. The summed E-state index contributed by atoms with van der Waals surface area (Å²) in [6, 6.07) is 21.4. The van der Waals surface area contributed by atoms with E-state index in [9.17, 15) is 0 Å². The van der Waals surface area contributed by atoms with Crippen molar-refractivity contribution in [2.45, 2.75) is 13.1 Å². The van der Waals surface area contributed by atoms with E-state index >= 15 is 0 Å². The molecule has 0 saturated carbocycles. The van der Waals surface area contributed by atoms with Gasteiger partial charge in [0, 0.05) is 0 Å². The van der Waals surface area contributed by atoms with Gasteiger partial charge in [-0.25, -0.2) is 0 Å². The molecular weight excluding hydrogens is 444 g/mol. The molecule has 0 atom stereocenters. The van der Waals surface area contributed by atoms with Crippen molar-refractivity contribution in [3.05, 3.63) is 71.8 Å². The molecular formula is C16H21BrN2Nd. The Morgan fingerprint density at radius 1 is 0.700 bits per heavy atom. The van der Waals surface area contributed by atoms with Crippen molar-refractivity contribution in [3.63, 3.8) is 0 Å². The summed E-state index contributed by atoms with van der Waals surface area (Å²) < 4.78 is 5.05. The zero-order chi connectivity index (χ0) is 13.5. The zero-order valence-electron chi connectivity index (χ0n) is 12.0. The number of nitrogens with zero attached hydrogens (tertiary/aromatic N) is 2. The molecule has 4 heteroatoms. The third kappa shape index (κ3) is 6.76. The first-order chi connectivity index (χ1) is 9.24. The first-order valence-corrected chi connectivity index (χ1v) is 9.37. The van der Waals surface area contributed by atoms with Crippen LogP contribution in [0.15, 0.2) is 60.7 Å². The summed E-state index contributed by atoms with van der Waals surface area (Å²) in [6.07, 6.45) is 0. The Kier molecular flexibility index (Phi) is 9.13. The molecule has 0 unspecified atom stereocenters. The van der Waals surface area contributed by atoms with Gasteiger partial charge in [0.15, 0.2) is 0 Å². The minimum absolute atomic E-state index is 0. The van der Waals surface area contributed by atoms with Crippen LogP contribution in [-0.2, 0) is 13.1 Å². The van der Waals surface area contributed by atoms with Crippen LogP contribution < -0.4 is 0 Å². The van der Waals surface area contributed by atoms with Crippen molar-refractivity contribution in [1.82, 2.24) is 1.97 Å². The fraction of sp³-hybridized carbons (Fsp3) is 0.250. The predicted octanol–water partition coefficient (Wildman–Crippen LogP) is 3.74. The molecule has 0 fully saturated rings.